The molecule has 5 heteroatoms. The minimum Gasteiger partial charge on any atom is -0.378 e. The van der Waals surface area contributed by atoms with Crippen LogP contribution in [0.3, 0.4) is 0 Å². The number of Topliss-reactive ketones (excluding diaryl/α,β-unsaturated/α-hetero) is 1. The number of alkyl halides is 2. The van der Waals surface area contributed by atoms with Gasteiger partial charge in [-0.1, -0.05) is 75.6 Å². The molecule has 3 saturated carbocycles. The van der Waals surface area contributed by atoms with Crippen LogP contribution < -0.4 is 0 Å². The number of unbranched alkanes of at least 4 members (excludes halogenated alkanes) is 6. The van der Waals surface area contributed by atoms with E-state index >= 15 is 0 Å². The van der Waals surface area contributed by atoms with Gasteiger partial charge in [0.05, 0.1) is 23.0 Å². The van der Waals surface area contributed by atoms with Gasteiger partial charge in [-0.15, -0.1) is 0 Å². The number of hydrogen-bond donors (Lipinski definition) is 0. The summed E-state index contributed by atoms with van der Waals surface area (Å²) in [6.07, 6.45) is 17.0. The summed E-state index contributed by atoms with van der Waals surface area (Å²) in [5.74, 6) is 0.341. The summed E-state index contributed by atoms with van der Waals surface area (Å²) in [6, 6.07) is 0. The summed E-state index contributed by atoms with van der Waals surface area (Å²) in [4.78, 5) is 13.6. The largest absolute Gasteiger partial charge is 0.378 e. The first-order valence-electron chi connectivity index (χ1n) is 13.1. The monoisotopic (exact) mass is 474 g/mol. The van der Waals surface area contributed by atoms with Gasteiger partial charge < -0.3 is 9.47 Å². The second kappa shape index (κ2) is 11.5. The molecule has 3 nitrogen and oxygen atoms in total. The molecule has 0 N–H and O–H groups in total. The lowest BCUT2D eigenvalue weighted by Crippen LogP contribution is -2.74. The Balaban J connectivity index is 1.44. The normalized spacial score (nSPS) is 34.9. The van der Waals surface area contributed by atoms with Crippen molar-refractivity contribution in [1.29, 1.82) is 0 Å². The van der Waals surface area contributed by atoms with Crippen LogP contribution in [0.5, 0.6) is 0 Å². The predicted octanol–water partition coefficient (Wildman–Crippen LogP) is 7.79. The van der Waals surface area contributed by atoms with Crippen LogP contribution in [0.1, 0.15) is 117 Å². The van der Waals surface area contributed by atoms with Crippen molar-refractivity contribution in [3.63, 3.8) is 0 Å². The highest BCUT2D eigenvalue weighted by atomic mass is 35.5. The van der Waals surface area contributed by atoms with Gasteiger partial charge in [0.1, 0.15) is 4.33 Å². The van der Waals surface area contributed by atoms with Crippen LogP contribution >= 0.6 is 23.2 Å². The smallest absolute Gasteiger partial charge is 0.151 e. The molecule has 3 aliphatic carbocycles. The highest BCUT2D eigenvalue weighted by molar-refractivity contribution is 6.55. The number of ether oxygens (including phenoxy) is 2. The molecule has 3 aliphatic rings. The highest BCUT2D eigenvalue weighted by Gasteiger charge is 2.79. The number of hydrogen-bond acceptors (Lipinski definition) is 3. The summed E-state index contributed by atoms with van der Waals surface area (Å²) in [5, 5.41) is 0. The third-order valence-corrected chi connectivity index (χ3v) is 9.79. The van der Waals surface area contributed by atoms with Crippen molar-refractivity contribution < 1.29 is 14.3 Å². The second-order valence-corrected chi connectivity index (χ2v) is 11.7. The van der Waals surface area contributed by atoms with Crippen molar-refractivity contribution in [3.05, 3.63) is 0 Å². The summed E-state index contributed by atoms with van der Waals surface area (Å²) >= 11 is 14.1. The van der Waals surface area contributed by atoms with Gasteiger partial charge in [0.15, 0.2) is 5.78 Å². The fourth-order valence-corrected chi connectivity index (χ4v) is 7.38. The van der Waals surface area contributed by atoms with E-state index in [9.17, 15) is 4.79 Å². The Bertz CT molecular complexity index is 515. The van der Waals surface area contributed by atoms with Crippen LogP contribution in [-0.4, -0.2) is 35.5 Å². The Morgan fingerprint density at radius 2 is 1.10 bits per heavy atom. The van der Waals surface area contributed by atoms with Crippen LogP contribution in [0.4, 0.5) is 0 Å². The Hall–Kier alpha value is 0.170. The lowest BCUT2D eigenvalue weighted by atomic mass is 9.43. The van der Waals surface area contributed by atoms with Gasteiger partial charge in [-0.05, 0) is 64.2 Å². The van der Waals surface area contributed by atoms with E-state index in [-0.39, 0.29) is 12.2 Å². The van der Waals surface area contributed by atoms with Crippen LogP contribution in [0.25, 0.3) is 0 Å². The average Bonchev–Trinajstić information content (AvgIpc) is 2.79. The van der Waals surface area contributed by atoms with Crippen molar-refractivity contribution >= 4 is 29.0 Å². The van der Waals surface area contributed by atoms with Crippen LogP contribution in [0.2, 0.25) is 0 Å². The van der Waals surface area contributed by atoms with E-state index in [0.717, 1.165) is 77.4 Å². The van der Waals surface area contributed by atoms with E-state index in [1.54, 1.807) is 0 Å². The molecule has 0 bridgehead atoms. The maximum absolute atomic E-state index is 13.6. The first-order valence-corrected chi connectivity index (χ1v) is 13.8. The number of carbonyl (C=O) groups is 1. The molecule has 31 heavy (non-hydrogen) atoms. The van der Waals surface area contributed by atoms with Gasteiger partial charge in [-0.25, -0.2) is 0 Å². The molecule has 0 heterocycles. The van der Waals surface area contributed by atoms with Gasteiger partial charge in [0, 0.05) is 13.2 Å². The van der Waals surface area contributed by atoms with Crippen LogP contribution in [-0.2, 0) is 14.3 Å². The Kier molecular flexibility index (Phi) is 9.60. The molecule has 0 unspecified atom stereocenters. The second-order valence-electron chi connectivity index (χ2n) is 10.3. The zero-order valence-corrected chi connectivity index (χ0v) is 21.4. The quantitative estimate of drug-likeness (QED) is 0.213. The minimum atomic E-state index is -0.935. The third-order valence-electron chi connectivity index (χ3n) is 8.35. The molecule has 0 saturated heterocycles. The molecule has 0 radical (unpaired) electrons. The maximum atomic E-state index is 13.6. The summed E-state index contributed by atoms with van der Waals surface area (Å²) in [7, 11) is 0. The van der Waals surface area contributed by atoms with E-state index < -0.39 is 15.2 Å². The molecule has 0 atom stereocenters. The van der Waals surface area contributed by atoms with Crippen molar-refractivity contribution in [1.82, 2.24) is 0 Å². The Morgan fingerprint density at radius 3 is 1.42 bits per heavy atom. The third kappa shape index (κ3) is 5.15. The summed E-state index contributed by atoms with van der Waals surface area (Å²) < 4.78 is 11.3. The van der Waals surface area contributed by atoms with Crippen molar-refractivity contribution in [2.45, 2.75) is 133 Å². The summed E-state index contributed by atoms with van der Waals surface area (Å²) in [5.41, 5.74) is -1.10. The maximum Gasteiger partial charge on any atom is 0.151 e. The molecular weight excluding hydrogens is 431 g/mol. The van der Waals surface area contributed by atoms with Gasteiger partial charge >= 0.3 is 0 Å². The van der Waals surface area contributed by atoms with Crippen LogP contribution in [0, 0.1) is 10.8 Å². The van der Waals surface area contributed by atoms with Crippen molar-refractivity contribution in [3.8, 4) is 0 Å². The van der Waals surface area contributed by atoms with E-state index in [1.807, 2.05) is 0 Å². The number of halogens is 2. The predicted molar refractivity (Wildman–Crippen MR) is 129 cm³/mol. The molecule has 0 aliphatic heterocycles. The summed E-state index contributed by atoms with van der Waals surface area (Å²) in [6.45, 7) is 6.12. The first kappa shape index (κ1) is 25.8. The van der Waals surface area contributed by atoms with Crippen LogP contribution in [0.15, 0.2) is 0 Å². The fraction of sp³-hybridized carbons (Fsp3) is 0.962. The van der Waals surface area contributed by atoms with E-state index in [1.165, 1.54) is 38.5 Å². The minimum absolute atomic E-state index is 0.262. The van der Waals surface area contributed by atoms with Gasteiger partial charge in [-0.3, -0.25) is 4.79 Å². The molecule has 0 amide bonds. The Labute approximate surface area is 200 Å². The molecule has 3 rings (SSSR count). The van der Waals surface area contributed by atoms with Gasteiger partial charge in [-0.2, -0.15) is 0 Å². The standard InChI is InChI=1S/C26H44Cl2O3/c1-3-5-7-9-19-30-21-11-15-24(16-12-21)23(29)25(26(24,27)28)17-13-22(14-18-25)31-20-10-8-6-4-2/h21-22H,3-20H2,1-2H3/t21?,22?,24-,25-. The molecule has 0 aromatic rings. The van der Waals surface area contributed by atoms with Crippen molar-refractivity contribution in [2.75, 3.05) is 13.2 Å². The van der Waals surface area contributed by atoms with E-state index in [2.05, 4.69) is 13.8 Å². The zero-order chi connectivity index (χ0) is 22.4. The lowest BCUT2D eigenvalue weighted by Gasteiger charge is -2.66. The molecule has 0 aromatic heterocycles. The van der Waals surface area contributed by atoms with E-state index in [0.29, 0.717) is 5.78 Å². The lowest BCUT2D eigenvalue weighted by molar-refractivity contribution is -0.176. The zero-order valence-electron chi connectivity index (χ0n) is 19.9. The number of ketones is 1. The molecule has 3 fully saturated rings. The molecule has 180 valence electrons. The SMILES string of the molecule is CCCCCCOC1CC[C@]2(CC1)C(=O)[C@@]1(CCC(OCCCCCC)CC1)C2(Cl)Cl. The molecule has 2 spiro atoms. The highest BCUT2D eigenvalue weighted by Crippen LogP contribution is 2.74. The van der Waals surface area contributed by atoms with E-state index in [4.69, 9.17) is 32.7 Å². The Morgan fingerprint density at radius 1 is 0.710 bits per heavy atom. The molecular formula is C26H44Cl2O3. The van der Waals surface area contributed by atoms with Crippen molar-refractivity contribution in [2.24, 2.45) is 10.8 Å². The van der Waals surface area contributed by atoms with Gasteiger partial charge in [0.2, 0.25) is 0 Å². The first-order chi connectivity index (χ1) is 14.9. The number of rotatable bonds is 12. The average molecular weight is 476 g/mol. The molecule has 0 aromatic carbocycles. The number of carbonyl (C=O) groups excluding carboxylic acids is 1. The fourth-order valence-electron chi connectivity index (χ4n) is 6.28. The van der Waals surface area contributed by atoms with Gasteiger partial charge in [0.25, 0.3) is 0 Å². The topological polar surface area (TPSA) is 35.5 Å².